The zero-order valence-electron chi connectivity index (χ0n) is 43.4. The fourth-order valence-electron chi connectivity index (χ4n) is 12.0. The first-order chi connectivity index (χ1) is 39.6. The second kappa shape index (κ2) is 19.8. The molecule has 0 aliphatic heterocycles. The van der Waals surface area contributed by atoms with Gasteiger partial charge in [-0.1, -0.05) is 218 Å². The Hall–Kier alpha value is -10.6. The predicted octanol–water partition coefficient (Wildman–Crippen LogP) is 17.7. The fraction of sp³-hybridized carbons (Fsp3) is 0.0270. The molecule has 16 rings (SSSR count). The zero-order valence-corrected chi connectivity index (χ0v) is 43.4. The summed E-state index contributed by atoms with van der Waals surface area (Å²) in [7, 11) is 0. The van der Waals surface area contributed by atoms with Crippen LogP contribution in [0.5, 0.6) is 0 Å². The average molecular weight is 1020 g/mol. The van der Waals surface area contributed by atoms with Gasteiger partial charge in [-0.2, -0.15) is 0 Å². The number of rotatable bonds is 10. The van der Waals surface area contributed by atoms with Gasteiger partial charge >= 0.3 is 0 Å². The van der Waals surface area contributed by atoms with Gasteiger partial charge in [0.2, 0.25) is 0 Å². The molecule has 2 atom stereocenters. The topological polar surface area (TPSA) is 77.3 Å². The normalized spacial score (nSPS) is 13.8. The van der Waals surface area contributed by atoms with E-state index in [-0.39, 0.29) is 11.8 Å². The highest BCUT2D eigenvalue weighted by Gasteiger charge is 2.41. The van der Waals surface area contributed by atoms with E-state index >= 15 is 0 Å². The smallest absolute Gasteiger partial charge is 0.160 e. The van der Waals surface area contributed by atoms with Crippen molar-refractivity contribution in [1.29, 1.82) is 0 Å². The molecule has 0 saturated heterocycles. The van der Waals surface area contributed by atoms with Crippen LogP contribution in [-0.2, 0) is 0 Å². The van der Waals surface area contributed by atoms with E-state index in [0.717, 1.165) is 89.8 Å². The molecule has 6 nitrogen and oxygen atoms in total. The lowest BCUT2D eigenvalue weighted by atomic mass is 9.60. The summed E-state index contributed by atoms with van der Waals surface area (Å²) in [5.74, 6) is 1.60. The monoisotopic (exact) mass is 1020 g/mol. The molecule has 6 heteroatoms. The Balaban J connectivity index is 0.749. The van der Waals surface area contributed by atoms with E-state index in [1.807, 2.05) is 85.2 Å². The summed E-state index contributed by atoms with van der Waals surface area (Å²) in [6, 6.07) is 94.4. The van der Waals surface area contributed by atoms with Crippen LogP contribution in [0.25, 0.3) is 113 Å². The average Bonchev–Trinajstić information content (AvgIpc) is 3.56. The molecule has 0 spiro atoms. The molecule has 0 amide bonds. The number of nitrogens with zero attached hydrogens (tertiary/aromatic N) is 6. The third-order valence-corrected chi connectivity index (χ3v) is 15.9. The Bertz CT molecular complexity index is 4160. The Morgan fingerprint density at radius 1 is 0.200 bits per heavy atom. The maximum Gasteiger partial charge on any atom is 0.160 e. The number of aromatic nitrogens is 6. The Kier molecular flexibility index (Phi) is 11.6. The molecular weight excluding hydrogens is 973 g/mol. The van der Waals surface area contributed by atoms with Crippen molar-refractivity contribution in [3.8, 4) is 113 Å². The van der Waals surface area contributed by atoms with E-state index < -0.39 is 0 Å². The molecule has 9 aromatic carbocycles. The minimum Gasteiger partial charge on any atom is -0.256 e. The summed E-state index contributed by atoms with van der Waals surface area (Å²) in [6.45, 7) is 0. The van der Waals surface area contributed by atoms with Gasteiger partial charge in [0, 0.05) is 68.7 Å². The second-order valence-electron chi connectivity index (χ2n) is 20.5. The van der Waals surface area contributed by atoms with Crippen molar-refractivity contribution in [2.24, 2.45) is 0 Å². The van der Waals surface area contributed by atoms with E-state index in [4.69, 9.17) is 29.9 Å². The van der Waals surface area contributed by atoms with Crippen molar-refractivity contribution in [1.82, 2.24) is 29.9 Å². The van der Waals surface area contributed by atoms with Gasteiger partial charge in [0.25, 0.3) is 0 Å². The van der Waals surface area contributed by atoms with Crippen LogP contribution in [0.2, 0.25) is 0 Å². The summed E-state index contributed by atoms with van der Waals surface area (Å²) in [4.78, 5) is 30.1. The second-order valence-corrected chi connectivity index (χ2v) is 20.5. The Labute approximate surface area is 464 Å². The molecule has 0 N–H and O–H groups in total. The van der Waals surface area contributed by atoms with E-state index in [0.29, 0.717) is 11.6 Å². The van der Waals surface area contributed by atoms with Crippen molar-refractivity contribution in [2.45, 2.75) is 11.8 Å². The van der Waals surface area contributed by atoms with E-state index in [9.17, 15) is 0 Å². The molecule has 4 heterocycles. The molecule has 3 aliphatic carbocycles. The molecule has 0 fully saturated rings. The van der Waals surface area contributed by atoms with Crippen molar-refractivity contribution in [3.05, 3.63) is 313 Å². The van der Waals surface area contributed by atoms with Crippen LogP contribution in [-0.4, -0.2) is 29.9 Å². The zero-order chi connectivity index (χ0) is 52.9. The number of benzene rings is 9. The molecule has 4 aromatic heterocycles. The first kappa shape index (κ1) is 46.7. The molecular formula is C74H48N6. The molecule has 2 unspecified atom stereocenters. The van der Waals surface area contributed by atoms with Gasteiger partial charge in [-0.3, -0.25) is 9.97 Å². The Morgan fingerprint density at radius 2 is 0.525 bits per heavy atom. The fourth-order valence-corrected chi connectivity index (χ4v) is 12.0. The van der Waals surface area contributed by atoms with Gasteiger partial charge < -0.3 is 0 Å². The third kappa shape index (κ3) is 8.38. The van der Waals surface area contributed by atoms with E-state index in [1.54, 1.807) is 0 Å². The van der Waals surface area contributed by atoms with Crippen LogP contribution in [0.15, 0.2) is 279 Å². The van der Waals surface area contributed by atoms with Crippen LogP contribution in [0.3, 0.4) is 0 Å². The molecule has 0 radical (unpaired) electrons. The summed E-state index contributed by atoms with van der Waals surface area (Å²) in [6.07, 6.45) is 3.67. The van der Waals surface area contributed by atoms with Crippen LogP contribution in [0.1, 0.15) is 45.2 Å². The summed E-state index contributed by atoms with van der Waals surface area (Å²) in [5.41, 5.74) is 26.2. The summed E-state index contributed by atoms with van der Waals surface area (Å²) < 4.78 is 0. The minimum atomic E-state index is 0.121. The predicted molar refractivity (Wildman–Crippen MR) is 322 cm³/mol. The van der Waals surface area contributed by atoms with Crippen molar-refractivity contribution in [2.75, 3.05) is 0 Å². The first-order valence-corrected chi connectivity index (χ1v) is 27.1. The highest BCUT2D eigenvalue weighted by atomic mass is 14.9. The van der Waals surface area contributed by atoms with Gasteiger partial charge in [-0.05, 0) is 104 Å². The van der Waals surface area contributed by atoms with Gasteiger partial charge in [0.1, 0.15) is 0 Å². The lowest BCUT2D eigenvalue weighted by Crippen LogP contribution is -2.27. The quantitative estimate of drug-likeness (QED) is 0.136. The third-order valence-electron chi connectivity index (χ3n) is 15.9. The number of pyridine rings is 2. The minimum absolute atomic E-state index is 0.121. The van der Waals surface area contributed by atoms with Gasteiger partial charge in [-0.15, -0.1) is 0 Å². The van der Waals surface area contributed by atoms with E-state index in [2.05, 4.69) is 194 Å². The SMILES string of the molecule is c1ccc(-c2nc(-c3ccc(-c4ccc5c(c4)C4c6ccccc6C5c5cc(-c6ccc(-c7cc(-c8ccccc8-c8ccccn8)nc(-c8ccccc8)n7)cc6)ccc54)cc3)cc(-c3ccccc3-c3ccccn3)n2)cc1. The van der Waals surface area contributed by atoms with Crippen molar-refractivity contribution >= 4 is 0 Å². The molecule has 0 saturated carbocycles. The van der Waals surface area contributed by atoms with Crippen molar-refractivity contribution < 1.29 is 0 Å². The molecule has 3 aliphatic rings. The number of hydrogen-bond donors (Lipinski definition) is 0. The largest absolute Gasteiger partial charge is 0.256 e. The molecule has 80 heavy (non-hydrogen) atoms. The lowest BCUT2D eigenvalue weighted by molar-refractivity contribution is 0.755. The summed E-state index contributed by atoms with van der Waals surface area (Å²) in [5, 5.41) is 0. The first-order valence-electron chi connectivity index (χ1n) is 27.1. The maximum atomic E-state index is 5.17. The van der Waals surface area contributed by atoms with Crippen LogP contribution in [0.4, 0.5) is 0 Å². The maximum absolute atomic E-state index is 5.17. The standard InChI is InChI=1S/C74H48N6/c1-3-17-51(18-4-1)73-77-67(45-69(79-73)57-23-9-7-21-55(57)65-27-13-15-41-75-65)49-33-29-47(30-34-49)53-37-39-61-63(43-53)71-59-25-11-12-26-60(59)72(61)64-44-54(38-40-62(64)71)48-31-35-50(36-32-48)68-46-70(80-74(78-68)52-19-5-2-6-20-52)58-24-10-8-22-56(58)66-28-14-16-42-76-66/h1-46,71-72H. The van der Waals surface area contributed by atoms with Crippen LogP contribution in [0, 0.1) is 0 Å². The van der Waals surface area contributed by atoms with Crippen LogP contribution < -0.4 is 0 Å². The lowest BCUT2D eigenvalue weighted by Gasteiger charge is -2.42. The number of hydrogen-bond acceptors (Lipinski definition) is 6. The highest BCUT2D eigenvalue weighted by molar-refractivity contribution is 5.85. The van der Waals surface area contributed by atoms with Gasteiger partial charge in [0.15, 0.2) is 11.6 Å². The highest BCUT2D eigenvalue weighted by Crippen LogP contribution is 2.57. The van der Waals surface area contributed by atoms with Gasteiger partial charge in [-0.25, -0.2) is 19.9 Å². The Morgan fingerprint density at radius 3 is 0.925 bits per heavy atom. The molecule has 2 bridgehead atoms. The van der Waals surface area contributed by atoms with Gasteiger partial charge in [0.05, 0.1) is 34.2 Å². The van der Waals surface area contributed by atoms with Crippen molar-refractivity contribution in [3.63, 3.8) is 0 Å². The molecule has 13 aromatic rings. The van der Waals surface area contributed by atoms with Crippen LogP contribution >= 0.6 is 0 Å². The van der Waals surface area contributed by atoms with E-state index in [1.165, 1.54) is 44.5 Å². The molecule has 374 valence electrons. The summed E-state index contributed by atoms with van der Waals surface area (Å²) >= 11 is 0.